The lowest BCUT2D eigenvalue weighted by molar-refractivity contribution is 0.0473. The Morgan fingerprint density at radius 2 is 2.08 bits per heavy atom. The molecular weight excluding hydrogens is 324 g/mol. The van der Waals surface area contributed by atoms with Crippen LogP contribution in [0.25, 0.3) is 21.3 Å². The summed E-state index contributed by atoms with van der Waals surface area (Å²) in [4.78, 5) is 16.7. The molecule has 2 aromatic carbocycles. The molecule has 0 unspecified atom stereocenters. The molecule has 4 rings (SSSR count). The van der Waals surface area contributed by atoms with E-state index in [9.17, 15) is 4.79 Å². The van der Waals surface area contributed by atoms with Gasteiger partial charge < -0.3 is 4.74 Å². The van der Waals surface area contributed by atoms with Crippen LogP contribution in [0.4, 0.5) is 0 Å². The molecule has 24 heavy (non-hydrogen) atoms. The highest BCUT2D eigenvalue weighted by Crippen LogP contribution is 2.22. The van der Waals surface area contributed by atoms with Gasteiger partial charge in [0.15, 0.2) is 0 Å². The Morgan fingerprint density at radius 3 is 2.92 bits per heavy atom. The highest BCUT2D eigenvalue weighted by Gasteiger charge is 2.12. The van der Waals surface area contributed by atoms with Crippen LogP contribution in [0, 0.1) is 0 Å². The summed E-state index contributed by atoms with van der Waals surface area (Å²) in [5, 5.41) is 8.89. The van der Waals surface area contributed by atoms with Gasteiger partial charge in [0.2, 0.25) is 0 Å². The summed E-state index contributed by atoms with van der Waals surface area (Å²) in [6.45, 7) is 2.89. The average Bonchev–Trinajstić information content (AvgIpc) is 3.22. The Morgan fingerprint density at radius 1 is 1.21 bits per heavy atom. The van der Waals surface area contributed by atoms with Crippen molar-refractivity contribution in [1.29, 1.82) is 0 Å². The lowest BCUT2D eigenvalue weighted by atomic mass is 10.2. The van der Waals surface area contributed by atoms with Gasteiger partial charge in [0.1, 0.15) is 17.1 Å². The summed E-state index contributed by atoms with van der Waals surface area (Å²) >= 11 is 1.53. The number of hydrogen-bond donors (Lipinski definition) is 0. The summed E-state index contributed by atoms with van der Waals surface area (Å²) in [5.41, 5.74) is 2.98. The topological polar surface area (TPSA) is 69.9 Å². The number of aromatic nitrogens is 4. The van der Waals surface area contributed by atoms with Crippen LogP contribution in [0.5, 0.6) is 0 Å². The lowest BCUT2D eigenvalue weighted by Gasteiger charge is -2.03. The minimum Gasteiger partial charge on any atom is -0.455 e. The SMILES string of the molecule is CCn1nnc2cc(C(=O)OCc3nc4ccccc4s3)ccc21. The second-order valence-corrected chi connectivity index (χ2v) is 6.38. The minimum atomic E-state index is -0.387. The van der Waals surface area contributed by atoms with Crippen molar-refractivity contribution in [3.8, 4) is 0 Å². The van der Waals surface area contributed by atoms with Crippen LogP contribution in [0.3, 0.4) is 0 Å². The van der Waals surface area contributed by atoms with Crippen LogP contribution >= 0.6 is 11.3 Å². The zero-order valence-electron chi connectivity index (χ0n) is 13.0. The number of hydrogen-bond acceptors (Lipinski definition) is 6. The van der Waals surface area contributed by atoms with Crippen LogP contribution in [-0.2, 0) is 17.9 Å². The van der Waals surface area contributed by atoms with Crippen molar-refractivity contribution in [1.82, 2.24) is 20.0 Å². The molecule has 4 aromatic rings. The van der Waals surface area contributed by atoms with E-state index in [1.165, 1.54) is 11.3 Å². The molecule has 0 radical (unpaired) electrons. The van der Waals surface area contributed by atoms with Crippen LogP contribution in [-0.4, -0.2) is 25.9 Å². The number of para-hydroxylation sites is 1. The second kappa shape index (κ2) is 6.01. The first kappa shape index (κ1) is 14.8. The molecule has 0 aliphatic carbocycles. The van der Waals surface area contributed by atoms with E-state index in [0.717, 1.165) is 27.3 Å². The highest BCUT2D eigenvalue weighted by molar-refractivity contribution is 7.18. The quantitative estimate of drug-likeness (QED) is 0.533. The molecule has 6 nitrogen and oxygen atoms in total. The first-order chi connectivity index (χ1) is 11.7. The molecule has 0 fully saturated rings. The summed E-state index contributed by atoms with van der Waals surface area (Å²) in [6.07, 6.45) is 0. The molecule has 0 N–H and O–H groups in total. The van der Waals surface area contributed by atoms with Crippen molar-refractivity contribution >= 4 is 38.6 Å². The van der Waals surface area contributed by atoms with Crippen molar-refractivity contribution in [2.24, 2.45) is 0 Å². The van der Waals surface area contributed by atoms with Gasteiger partial charge >= 0.3 is 5.97 Å². The molecule has 0 saturated heterocycles. The van der Waals surface area contributed by atoms with E-state index in [0.29, 0.717) is 11.1 Å². The summed E-state index contributed by atoms with van der Waals surface area (Å²) < 4.78 is 8.25. The largest absolute Gasteiger partial charge is 0.455 e. The van der Waals surface area contributed by atoms with Crippen LogP contribution < -0.4 is 0 Å². The number of thiazole rings is 1. The molecule has 2 aromatic heterocycles. The van der Waals surface area contributed by atoms with E-state index in [-0.39, 0.29) is 12.6 Å². The lowest BCUT2D eigenvalue weighted by Crippen LogP contribution is -2.05. The fourth-order valence-corrected chi connectivity index (χ4v) is 3.41. The Kier molecular flexibility index (Phi) is 3.70. The van der Waals surface area contributed by atoms with Crippen molar-refractivity contribution in [3.63, 3.8) is 0 Å². The monoisotopic (exact) mass is 338 g/mol. The molecule has 0 atom stereocenters. The van der Waals surface area contributed by atoms with E-state index >= 15 is 0 Å². The number of carbonyl (C=O) groups excluding carboxylic acids is 1. The van der Waals surface area contributed by atoms with Crippen molar-refractivity contribution < 1.29 is 9.53 Å². The number of nitrogens with zero attached hydrogens (tertiary/aromatic N) is 4. The van der Waals surface area contributed by atoms with Gasteiger partial charge in [-0.2, -0.15) is 0 Å². The van der Waals surface area contributed by atoms with E-state index in [1.54, 1.807) is 16.8 Å². The number of carbonyl (C=O) groups is 1. The summed E-state index contributed by atoms with van der Waals surface area (Å²) in [7, 11) is 0. The zero-order chi connectivity index (χ0) is 16.5. The van der Waals surface area contributed by atoms with Gasteiger partial charge in [-0.05, 0) is 37.3 Å². The average molecular weight is 338 g/mol. The Bertz CT molecular complexity index is 1000. The molecular formula is C17H14N4O2S. The molecule has 120 valence electrons. The second-order valence-electron chi connectivity index (χ2n) is 5.26. The molecule has 0 saturated carbocycles. The van der Waals surface area contributed by atoms with E-state index in [1.807, 2.05) is 37.3 Å². The fourth-order valence-electron chi connectivity index (χ4n) is 2.52. The normalized spacial score (nSPS) is 11.2. The van der Waals surface area contributed by atoms with Crippen molar-refractivity contribution in [3.05, 3.63) is 53.0 Å². The van der Waals surface area contributed by atoms with Crippen LogP contribution in [0.2, 0.25) is 0 Å². The number of rotatable bonds is 4. The highest BCUT2D eigenvalue weighted by atomic mass is 32.1. The number of benzene rings is 2. The number of ether oxygens (including phenoxy) is 1. The number of aryl methyl sites for hydroxylation is 1. The number of esters is 1. The summed E-state index contributed by atoms with van der Waals surface area (Å²) in [6, 6.07) is 13.1. The van der Waals surface area contributed by atoms with Crippen molar-refractivity contribution in [2.45, 2.75) is 20.1 Å². The maximum atomic E-state index is 12.3. The maximum absolute atomic E-state index is 12.3. The molecule has 0 spiro atoms. The predicted molar refractivity (Wildman–Crippen MR) is 91.9 cm³/mol. The zero-order valence-corrected chi connectivity index (χ0v) is 13.8. The van der Waals surface area contributed by atoms with Crippen LogP contribution in [0.1, 0.15) is 22.3 Å². The molecule has 0 aliphatic rings. The third kappa shape index (κ3) is 2.63. The van der Waals surface area contributed by atoms with Gasteiger partial charge in [0, 0.05) is 6.54 Å². The minimum absolute atomic E-state index is 0.165. The van der Waals surface area contributed by atoms with E-state index in [4.69, 9.17) is 4.74 Å². The van der Waals surface area contributed by atoms with Gasteiger partial charge in [-0.3, -0.25) is 0 Å². The summed E-state index contributed by atoms with van der Waals surface area (Å²) in [5.74, 6) is -0.387. The Labute approximate surface area is 141 Å². The van der Waals surface area contributed by atoms with Gasteiger partial charge in [0.25, 0.3) is 0 Å². The first-order valence-corrected chi connectivity index (χ1v) is 8.41. The molecule has 0 bridgehead atoms. The Balaban J connectivity index is 1.51. The van der Waals surface area contributed by atoms with Crippen LogP contribution in [0.15, 0.2) is 42.5 Å². The molecule has 0 amide bonds. The molecule has 0 aliphatic heterocycles. The smallest absolute Gasteiger partial charge is 0.338 e. The predicted octanol–water partition coefficient (Wildman–Crippen LogP) is 3.42. The first-order valence-electron chi connectivity index (χ1n) is 7.59. The fraction of sp³-hybridized carbons (Fsp3) is 0.176. The molecule has 7 heteroatoms. The standard InChI is InChI=1S/C17H14N4O2S/c1-2-21-14-8-7-11(9-13(14)19-20-21)17(22)23-10-16-18-12-5-3-4-6-15(12)24-16/h3-9H,2,10H2,1H3. The van der Waals surface area contributed by atoms with Gasteiger partial charge in [-0.15, -0.1) is 16.4 Å². The third-order valence-electron chi connectivity index (χ3n) is 3.71. The molecule has 2 heterocycles. The van der Waals surface area contributed by atoms with Gasteiger partial charge in [-0.1, -0.05) is 17.3 Å². The van der Waals surface area contributed by atoms with E-state index in [2.05, 4.69) is 15.3 Å². The maximum Gasteiger partial charge on any atom is 0.338 e. The van der Waals surface area contributed by atoms with Gasteiger partial charge in [-0.25, -0.2) is 14.5 Å². The van der Waals surface area contributed by atoms with E-state index < -0.39 is 0 Å². The Hall–Kier alpha value is -2.80. The number of fused-ring (bicyclic) bond motifs is 2. The van der Waals surface area contributed by atoms with Crippen molar-refractivity contribution in [2.75, 3.05) is 0 Å². The van der Waals surface area contributed by atoms with Gasteiger partial charge in [0.05, 0.1) is 21.3 Å². The third-order valence-corrected chi connectivity index (χ3v) is 4.72.